The van der Waals surface area contributed by atoms with Gasteiger partial charge < -0.3 is 5.73 Å². The van der Waals surface area contributed by atoms with Crippen LogP contribution in [-0.4, -0.2) is 14.8 Å². The standard InChI is InChI=1S/C13H14F4N4/c1-2-21-12(19-7-20-21)6-11(18)8-3-4-10(14)9(5-8)13(15,16)17/h3-5,7,11H,2,6,18H2,1H3. The first kappa shape index (κ1) is 15.4. The molecule has 0 aliphatic heterocycles. The average Bonchev–Trinajstić information content (AvgIpc) is 2.85. The van der Waals surface area contributed by atoms with Crippen molar-refractivity contribution in [2.45, 2.75) is 32.1 Å². The molecule has 21 heavy (non-hydrogen) atoms. The van der Waals surface area contributed by atoms with E-state index in [0.29, 0.717) is 12.4 Å². The normalized spacial score (nSPS) is 13.4. The molecule has 1 unspecified atom stereocenters. The van der Waals surface area contributed by atoms with E-state index in [-0.39, 0.29) is 12.0 Å². The number of hydrogen-bond acceptors (Lipinski definition) is 3. The first-order valence-corrected chi connectivity index (χ1v) is 6.31. The molecule has 0 radical (unpaired) electrons. The summed E-state index contributed by atoms with van der Waals surface area (Å²) in [6, 6.07) is 2.05. The topological polar surface area (TPSA) is 56.7 Å². The van der Waals surface area contributed by atoms with Gasteiger partial charge in [-0.15, -0.1) is 0 Å². The van der Waals surface area contributed by atoms with Crippen LogP contribution in [0.2, 0.25) is 0 Å². The molecule has 0 aliphatic rings. The minimum Gasteiger partial charge on any atom is -0.324 e. The van der Waals surface area contributed by atoms with E-state index in [1.165, 1.54) is 12.4 Å². The van der Waals surface area contributed by atoms with E-state index in [1.54, 1.807) is 4.68 Å². The summed E-state index contributed by atoms with van der Waals surface area (Å²) in [5.74, 6) is -0.738. The molecular formula is C13H14F4N4. The maximum atomic E-state index is 13.2. The van der Waals surface area contributed by atoms with Crippen molar-refractivity contribution >= 4 is 0 Å². The van der Waals surface area contributed by atoms with Gasteiger partial charge in [-0.2, -0.15) is 18.3 Å². The second-order valence-corrected chi connectivity index (χ2v) is 4.54. The first-order chi connectivity index (χ1) is 9.82. The van der Waals surface area contributed by atoms with Crippen LogP contribution in [0.3, 0.4) is 0 Å². The lowest BCUT2D eigenvalue weighted by Gasteiger charge is -2.15. The van der Waals surface area contributed by atoms with Crippen molar-refractivity contribution in [1.82, 2.24) is 14.8 Å². The van der Waals surface area contributed by atoms with E-state index in [2.05, 4.69) is 10.1 Å². The summed E-state index contributed by atoms with van der Waals surface area (Å²) in [6.07, 6.45) is -3.17. The number of hydrogen-bond donors (Lipinski definition) is 1. The van der Waals surface area contributed by atoms with Gasteiger partial charge in [0.15, 0.2) is 0 Å². The molecule has 0 spiro atoms. The number of aryl methyl sites for hydroxylation is 1. The number of aromatic nitrogens is 3. The first-order valence-electron chi connectivity index (χ1n) is 6.31. The number of nitrogens with zero attached hydrogens (tertiary/aromatic N) is 3. The van der Waals surface area contributed by atoms with Crippen LogP contribution in [0.25, 0.3) is 0 Å². The third-order valence-corrected chi connectivity index (χ3v) is 3.12. The van der Waals surface area contributed by atoms with Crippen LogP contribution < -0.4 is 5.73 Å². The highest BCUT2D eigenvalue weighted by molar-refractivity contribution is 5.29. The Labute approximate surface area is 118 Å². The maximum absolute atomic E-state index is 13.2. The lowest BCUT2D eigenvalue weighted by molar-refractivity contribution is -0.140. The smallest absolute Gasteiger partial charge is 0.324 e. The van der Waals surface area contributed by atoms with E-state index in [0.717, 1.165) is 12.1 Å². The molecule has 1 aromatic heterocycles. The zero-order valence-corrected chi connectivity index (χ0v) is 11.2. The number of nitrogens with two attached hydrogens (primary N) is 1. The Bertz CT molecular complexity index is 621. The van der Waals surface area contributed by atoms with Crippen molar-refractivity contribution < 1.29 is 17.6 Å². The Kier molecular flexibility index (Phi) is 4.26. The Morgan fingerprint density at radius 3 is 2.67 bits per heavy atom. The van der Waals surface area contributed by atoms with Gasteiger partial charge in [-0.1, -0.05) is 6.07 Å². The second-order valence-electron chi connectivity index (χ2n) is 4.54. The molecule has 8 heteroatoms. The van der Waals surface area contributed by atoms with Crippen molar-refractivity contribution in [1.29, 1.82) is 0 Å². The zero-order valence-electron chi connectivity index (χ0n) is 11.2. The van der Waals surface area contributed by atoms with Crippen LogP contribution in [0.4, 0.5) is 17.6 Å². The maximum Gasteiger partial charge on any atom is 0.419 e. The highest BCUT2D eigenvalue weighted by atomic mass is 19.4. The van der Waals surface area contributed by atoms with E-state index < -0.39 is 23.6 Å². The van der Waals surface area contributed by atoms with Crippen LogP contribution >= 0.6 is 0 Å². The van der Waals surface area contributed by atoms with Crippen molar-refractivity contribution in [2.24, 2.45) is 5.73 Å². The van der Waals surface area contributed by atoms with Crippen LogP contribution in [0, 0.1) is 5.82 Å². The number of benzene rings is 1. The fourth-order valence-electron chi connectivity index (χ4n) is 2.02. The van der Waals surface area contributed by atoms with E-state index in [4.69, 9.17) is 5.73 Å². The van der Waals surface area contributed by atoms with Crippen LogP contribution in [0.1, 0.15) is 29.9 Å². The van der Waals surface area contributed by atoms with Crippen LogP contribution in [-0.2, 0) is 19.1 Å². The third kappa shape index (κ3) is 3.38. The number of alkyl halides is 3. The molecule has 0 bridgehead atoms. The highest BCUT2D eigenvalue weighted by Gasteiger charge is 2.34. The molecule has 0 amide bonds. The lowest BCUT2D eigenvalue weighted by Crippen LogP contribution is -2.18. The molecular weight excluding hydrogens is 288 g/mol. The lowest BCUT2D eigenvalue weighted by atomic mass is 10.0. The third-order valence-electron chi connectivity index (χ3n) is 3.12. The Morgan fingerprint density at radius 2 is 2.05 bits per heavy atom. The summed E-state index contributed by atoms with van der Waals surface area (Å²) in [6.45, 7) is 2.45. The SMILES string of the molecule is CCn1ncnc1CC(N)c1ccc(F)c(C(F)(F)F)c1. The van der Waals surface area contributed by atoms with E-state index in [9.17, 15) is 17.6 Å². The second kappa shape index (κ2) is 5.80. The summed E-state index contributed by atoms with van der Waals surface area (Å²) >= 11 is 0. The highest BCUT2D eigenvalue weighted by Crippen LogP contribution is 2.33. The molecule has 0 saturated carbocycles. The zero-order chi connectivity index (χ0) is 15.6. The predicted molar refractivity (Wildman–Crippen MR) is 67.7 cm³/mol. The van der Waals surface area contributed by atoms with Gasteiger partial charge in [0.05, 0.1) is 5.56 Å². The van der Waals surface area contributed by atoms with Crippen molar-refractivity contribution in [2.75, 3.05) is 0 Å². The van der Waals surface area contributed by atoms with Gasteiger partial charge in [0.2, 0.25) is 0 Å². The van der Waals surface area contributed by atoms with Gasteiger partial charge in [-0.3, -0.25) is 4.68 Å². The molecule has 1 atom stereocenters. The van der Waals surface area contributed by atoms with Gasteiger partial charge in [0, 0.05) is 19.0 Å². The number of rotatable bonds is 4. The number of halogens is 4. The molecule has 2 N–H and O–H groups in total. The van der Waals surface area contributed by atoms with Crippen LogP contribution in [0.5, 0.6) is 0 Å². The van der Waals surface area contributed by atoms with Gasteiger partial charge in [0.1, 0.15) is 18.0 Å². The molecule has 2 rings (SSSR count). The average molecular weight is 302 g/mol. The summed E-state index contributed by atoms with van der Waals surface area (Å²) in [5, 5.41) is 3.96. The van der Waals surface area contributed by atoms with Crippen molar-refractivity contribution in [3.8, 4) is 0 Å². The summed E-state index contributed by atoms with van der Waals surface area (Å²) in [5.41, 5.74) is 4.79. The Morgan fingerprint density at radius 1 is 1.33 bits per heavy atom. The molecule has 0 saturated heterocycles. The monoisotopic (exact) mass is 302 g/mol. The quantitative estimate of drug-likeness (QED) is 0.883. The van der Waals surface area contributed by atoms with Crippen LogP contribution in [0.15, 0.2) is 24.5 Å². The van der Waals surface area contributed by atoms with E-state index >= 15 is 0 Å². The van der Waals surface area contributed by atoms with Gasteiger partial charge in [-0.05, 0) is 24.6 Å². The minimum absolute atomic E-state index is 0.203. The summed E-state index contributed by atoms with van der Waals surface area (Å²) in [4.78, 5) is 4.02. The largest absolute Gasteiger partial charge is 0.419 e. The molecule has 0 aliphatic carbocycles. The fraction of sp³-hybridized carbons (Fsp3) is 0.385. The van der Waals surface area contributed by atoms with Gasteiger partial charge >= 0.3 is 6.18 Å². The predicted octanol–water partition coefficient (Wildman–Crippen LogP) is 2.70. The van der Waals surface area contributed by atoms with Crippen molar-refractivity contribution in [3.05, 3.63) is 47.3 Å². The van der Waals surface area contributed by atoms with Gasteiger partial charge in [0.25, 0.3) is 0 Å². The van der Waals surface area contributed by atoms with E-state index in [1.807, 2.05) is 6.92 Å². The molecule has 4 nitrogen and oxygen atoms in total. The Balaban J connectivity index is 2.26. The summed E-state index contributed by atoms with van der Waals surface area (Å²) < 4.78 is 52.9. The minimum atomic E-state index is -4.75. The molecule has 2 aromatic rings. The molecule has 1 heterocycles. The molecule has 1 aromatic carbocycles. The summed E-state index contributed by atoms with van der Waals surface area (Å²) in [7, 11) is 0. The van der Waals surface area contributed by atoms with Gasteiger partial charge in [-0.25, -0.2) is 9.37 Å². The fourth-order valence-corrected chi connectivity index (χ4v) is 2.02. The molecule has 114 valence electrons. The van der Waals surface area contributed by atoms with Crippen molar-refractivity contribution in [3.63, 3.8) is 0 Å². The molecule has 0 fully saturated rings. The Hall–Kier alpha value is -1.96.